The Morgan fingerprint density at radius 3 is 2.88 bits per heavy atom. The molecule has 1 aliphatic heterocycles. The van der Waals surface area contributed by atoms with E-state index < -0.39 is 0 Å². The van der Waals surface area contributed by atoms with Crippen LogP contribution >= 0.6 is 0 Å². The van der Waals surface area contributed by atoms with Crippen LogP contribution in [0.1, 0.15) is 39.5 Å². The first-order valence-corrected chi connectivity index (χ1v) is 8.61. The number of hydrogen-bond acceptors (Lipinski definition) is 6. The number of methoxy groups -OCH3 is 1. The number of anilines is 1. The summed E-state index contributed by atoms with van der Waals surface area (Å²) < 4.78 is 5.11. The lowest BCUT2D eigenvalue weighted by Gasteiger charge is -2.52. The van der Waals surface area contributed by atoms with Crippen LogP contribution in [0.4, 0.5) is 5.95 Å². The predicted octanol–water partition coefficient (Wildman–Crippen LogP) is 0.849. The topological polar surface area (TPSA) is 105 Å². The van der Waals surface area contributed by atoms with Crippen molar-refractivity contribution in [3.8, 4) is 5.88 Å². The van der Waals surface area contributed by atoms with Crippen molar-refractivity contribution < 1.29 is 14.3 Å². The van der Waals surface area contributed by atoms with Crippen LogP contribution in [0, 0.1) is 5.41 Å². The van der Waals surface area contributed by atoms with Crippen LogP contribution < -0.4 is 20.7 Å². The molecule has 1 aromatic rings. The normalized spacial score (nSPS) is 27.2. The molecule has 8 heteroatoms. The lowest BCUT2D eigenvalue weighted by atomic mass is 9.62. The molecule has 0 spiro atoms. The van der Waals surface area contributed by atoms with E-state index in [2.05, 4.69) is 39.8 Å². The Morgan fingerprint density at radius 2 is 2.24 bits per heavy atom. The molecule has 1 saturated heterocycles. The minimum atomic E-state index is -0.124. The number of nitrogens with zero attached hydrogens (tertiary/aromatic N) is 2. The fourth-order valence-corrected chi connectivity index (χ4v) is 3.40. The van der Waals surface area contributed by atoms with Crippen molar-refractivity contribution in [3.05, 3.63) is 12.3 Å². The summed E-state index contributed by atoms with van der Waals surface area (Å²) in [6.07, 6.45) is 4.04. The summed E-state index contributed by atoms with van der Waals surface area (Å²) in [5.74, 6) is 1.06. The minimum absolute atomic E-state index is 0.0126. The monoisotopic (exact) mass is 347 g/mol. The zero-order chi connectivity index (χ0) is 18.0. The van der Waals surface area contributed by atoms with Gasteiger partial charge in [-0.2, -0.15) is 4.98 Å². The molecule has 3 rings (SSSR count). The van der Waals surface area contributed by atoms with Gasteiger partial charge in [-0.1, -0.05) is 13.8 Å². The molecule has 2 heterocycles. The van der Waals surface area contributed by atoms with Crippen LogP contribution in [0.3, 0.4) is 0 Å². The molecule has 136 valence electrons. The molecule has 0 radical (unpaired) electrons. The Hall–Kier alpha value is -2.38. The van der Waals surface area contributed by atoms with E-state index in [0.717, 1.165) is 12.8 Å². The van der Waals surface area contributed by atoms with Gasteiger partial charge in [0, 0.05) is 48.6 Å². The highest BCUT2D eigenvalue weighted by molar-refractivity contribution is 5.82. The van der Waals surface area contributed by atoms with Crippen LogP contribution in [0.5, 0.6) is 5.88 Å². The minimum Gasteiger partial charge on any atom is -0.481 e. The Morgan fingerprint density at radius 1 is 1.44 bits per heavy atom. The lowest BCUT2D eigenvalue weighted by molar-refractivity contribution is -0.124. The van der Waals surface area contributed by atoms with Crippen molar-refractivity contribution in [2.75, 3.05) is 12.4 Å². The number of carbonyl (C=O) groups excluding carboxylic acids is 2. The van der Waals surface area contributed by atoms with E-state index in [1.54, 1.807) is 19.4 Å². The van der Waals surface area contributed by atoms with Gasteiger partial charge in [-0.3, -0.25) is 9.59 Å². The smallest absolute Gasteiger partial charge is 0.226 e. The summed E-state index contributed by atoms with van der Waals surface area (Å²) >= 11 is 0. The Balaban J connectivity index is 1.50. The average molecular weight is 347 g/mol. The van der Waals surface area contributed by atoms with Crippen molar-refractivity contribution in [2.45, 2.75) is 57.7 Å². The standard InChI is InChI=1S/C17H25N5O3/c1-17(2)11(20-14(24)8-10-4-5-13(23)19-10)9-12(17)21-16-18-7-6-15(22-16)25-3/h6-7,10-12H,4-5,8-9H2,1-3H3,(H,19,23)(H,20,24)(H,18,21,22). The molecule has 1 aliphatic carbocycles. The molecule has 8 nitrogen and oxygen atoms in total. The van der Waals surface area contributed by atoms with Gasteiger partial charge in [0.25, 0.3) is 0 Å². The first-order valence-electron chi connectivity index (χ1n) is 8.61. The second-order valence-electron chi connectivity index (χ2n) is 7.30. The zero-order valence-corrected chi connectivity index (χ0v) is 14.8. The van der Waals surface area contributed by atoms with Crippen LogP contribution in [0.2, 0.25) is 0 Å². The highest BCUT2D eigenvalue weighted by atomic mass is 16.5. The highest BCUT2D eigenvalue weighted by Gasteiger charge is 2.49. The maximum atomic E-state index is 12.2. The number of hydrogen-bond donors (Lipinski definition) is 3. The number of rotatable bonds is 6. The molecular weight excluding hydrogens is 322 g/mol. The molecule has 3 unspecified atom stereocenters. The van der Waals surface area contributed by atoms with Gasteiger partial charge in [-0.15, -0.1) is 0 Å². The maximum absolute atomic E-state index is 12.2. The number of nitrogens with one attached hydrogen (secondary N) is 3. The van der Waals surface area contributed by atoms with Crippen molar-refractivity contribution in [1.29, 1.82) is 0 Å². The molecule has 0 aromatic carbocycles. The van der Waals surface area contributed by atoms with Gasteiger partial charge in [-0.25, -0.2) is 4.98 Å². The van der Waals surface area contributed by atoms with Crippen LogP contribution in [0.15, 0.2) is 12.3 Å². The summed E-state index contributed by atoms with van der Waals surface area (Å²) in [5, 5.41) is 9.23. The maximum Gasteiger partial charge on any atom is 0.226 e. The van der Waals surface area contributed by atoms with Gasteiger partial charge in [0.2, 0.25) is 23.6 Å². The first kappa shape index (κ1) is 17.4. The third-order valence-electron chi connectivity index (χ3n) is 5.26. The Labute approximate surface area is 147 Å². The number of amides is 2. The SMILES string of the molecule is COc1ccnc(NC2CC(NC(=O)CC3CCC(=O)N3)C2(C)C)n1. The fraction of sp³-hybridized carbons (Fsp3) is 0.647. The highest BCUT2D eigenvalue weighted by Crippen LogP contribution is 2.42. The van der Waals surface area contributed by atoms with Crippen molar-refractivity contribution in [2.24, 2.45) is 5.41 Å². The Bertz CT molecular complexity index is 663. The summed E-state index contributed by atoms with van der Waals surface area (Å²) in [4.78, 5) is 31.9. The second kappa shape index (κ2) is 6.85. The molecule has 0 bridgehead atoms. The molecule has 25 heavy (non-hydrogen) atoms. The van der Waals surface area contributed by atoms with Crippen molar-refractivity contribution in [3.63, 3.8) is 0 Å². The molecule has 2 fully saturated rings. The fourth-order valence-electron chi connectivity index (χ4n) is 3.40. The third-order valence-corrected chi connectivity index (χ3v) is 5.26. The number of ether oxygens (including phenoxy) is 1. The van der Waals surface area contributed by atoms with Gasteiger partial charge in [-0.05, 0) is 12.8 Å². The molecular formula is C17H25N5O3. The van der Waals surface area contributed by atoms with Gasteiger partial charge >= 0.3 is 0 Å². The van der Waals surface area contributed by atoms with E-state index in [0.29, 0.717) is 24.7 Å². The second-order valence-corrected chi connectivity index (χ2v) is 7.30. The molecule has 2 aliphatic rings. The molecule has 2 amide bonds. The third kappa shape index (κ3) is 3.83. The largest absolute Gasteiger partial charge is 0.481 e. The van der Waals surface area contributed by atoms with Gasteiger partial charge in [0.15, 0.2) is 0 Å². The summed E-state index contributed by atoms with van der Waals surface area (Å²) in [7, 11) is 1.57. The average Bonchev–Trinajstić information content (AvgIpc) is 2.99. The summed E-state index contributed by atoms with van der Waals surface area (Å²) in [5.41, 5.74) is -0.124. The summed E-state index contributed by atoms with van der Waals surface area (Å²) in [6, 6.07) is 1.91. The molecule has 3 atom stereocenters. The zero-order valence-electron chi connectivity index (χ0n) is 14.8. The van der Waals surface area contributed by atoms with E-state index in [1.807, 2.05) is 0 Å². The first-order chi connectivity index (χ1) is 11.9. The van der Waals surface area contributed by atoms with Crippen molar-refractivity contribution >= 4 is 17.8 Å². The molecule has 1 saturated carbocycles. The van der Waals surface area contributed by atoms with Crippen LogP contribution in [0.25, 0.3) is 0 Å². The van der Waals surface area contributed by atoms with E-state index >= 15 is 0 Å². The molecule has 1 aromatic heterocycles. The molecule has 3 N–H and O–H groups in total. The van der Waals surface area contributed by atoms with E-state index in [-0.39, 0.29) is 35.4 Å². The number of aromatic nitrogens is 2. The van der Waals surface area contributed by atoms with Crippen molar-refractivity contribution in [1.82, 2.24) is 20.6 Å². The van der Waals surface area contributed by atoms with Crippen LogP contribution in [-0.4, -0.2) is 47.0 Å². The van der Waals surface area contributed by atoms with Crippen LogP contribution in [-0.2, 0) is 9.59 Å². The van der Waals surface area contributed by atoms with E-state index in [9.17, 15) is 9.59 Å². The number of carbonyl (C=O) groups is 2. The van der Waals surface area contributed by atoms with Gasteiger partial charge in [0.1, 0.15) is 0 Å². The predicted molar refractivity (Wildman–Crippen MR) is 92.1 cm³/mol. The van der Waals surface area contributed by atoms with Gasteiger partial charge < -0.3 is 20.7 Å². The van der Waals surface area contributed by atoms with E-state index in [1.165, 1.54) is 0 Å². The summed E-state index contributed by atoms with van der Waals surface area (Å²) in [6.45, 7) is 4.22. The Kier molecular flexibility index (Phi) is 4.78. The quantitative estimate of drug-likeness (QED) is 0.704. The van der Waals surface area contributed by atoms with Gasteiger partial charge in [0.05, 0.1) is 7.11 Å². The lowest BCUT2D eigenvalue weighted by Crippen LogP contribution is -2.64. The van der Waals surface area contributed by atoms with E-state index in [4.69, 9.17) is 4.74 Å².